The molecule has 2 aromatic carbocycles. The zero-order valence-corrected chi connectivity index (χ0v) is 32.1. The Balaban J connectivity index is 0.000000208. The van der Waals surface area contributed by atoms with Crippen LogP contribution < -0.4 is 14.3 Å². The zero-order valence-electron chi connectivity index (χ0n) is 30.4. The van der Waals surface area contributed by atoms with Crippen molar-refractivity contribution in [1.29, 1.82) is 0 Å². The molecule has 16 nitrogen and oxygen atoms in total. The van der Waals surface area contributed by atoms with Crippen molar-refractivity contribution in [2.75, 3.05) is 33.8 Å². The summed E-state index contributed by atoms with van der Waals surface area (Å²) in [4.78, 5) is 31.6. The Morgan fingerprint density at radius 1 is 0.685 bits per heavy atom. The van der Waals surface area contributed by atoms with Gasteiger partial charge in [0, 0.05) is 42.8 Å². The number of ether oxygens (including phenoxy) is 1. The molecule has 6 aromatic rings. The fourth-order valence-corrected chi connectivity index (χ4v) is 7.79. The quantitative estimate of drug-likeness (QED) is 0.132. The van der Waals surface area contributed by atoms with Crippen molar-refractivity contribution >= 4 is 65.0 Å². The number of aromatic nitrogens is 6. The average Bonchev–Trinajstić information content (AvgIpc) is 3.77. The smallest absolute Gasteiger partial charge is 0.339 e. The molecule has 0 aliphatic heterocycles. The summed E-state index contributed by atoms with van der Waals surface area (Å²) in [6.45, 7) is 3.20. The van der Waals surface area contributed by atoms with Crippen LogP contribution >= 0.6 is 0 Å². The van der Waals surface area contributed by atoms with Gasteiger partial charge in [0.1, 0.15) is 0 Å². The summed E-state index contributed by atoms with van der Waals surface area (Å²) in [6, 6.07) is 17.3. The summed E-state index contributed by atoms with van der Waals surface area (Å²) < 4.78 is 61.8. The van der Waals surface area contributed by atoms with E-state index in [4.69, 9.17) is 5.73 Å². The minimum Gasteiger partial charge on any atom is -0.465 e. The van der Waals surface area contributed by atoms with Gasteiger partial charge < -0.3 is 10.5 Å². The van der Waals surface area contributed by atoms with Gasteiger partial charge in [-0.15, -0.1) is 0 Å². The number of nitrogens with zero attached hydrogens (tertiary/aromatic N) is 8. The molecule has 0 spiro atoms. The van der Waals surface area contributed by atoms with Gasteiger partial charge in [-0.3, -0.25) is 32.7 Å². The monoisotopic (exact) mass is 775 g/mol. The van der Waals surface area contributed by atoms with Gasteiger partial charge in [-0.25, -0.2) is 21.6 Å². The van der Waals surface area contributed by atoms with E-state index in [1.54, 1.807) is 98.2 Å². The van der Waals surface area contributed by atoms with Crippen LogP contribution in [-0.2, 0) is 52.0 Å². The molecule has 0 amide bonds. The van der Waals surface area contributed by atoms with Crippen LogP contribution in [0, 0.1) is 0 Å². The zero-order chi connectivity index (χ0) is 39.2. The molecule has 0 aliphatic carbocycles. The highest BCUT2D eigenvalue weighted by Crippen LogP contribution is 2.31. The number of sulfonamides is 2. The summed E-state index contributed by atoms with van der Waals surface area (Å²) in [5, 5.41) is 9.93. The minimum absolute atomic E-state index is 0.0473. The summed E-state index contributed by atoms with van der Waals surface area (Å²) in [6.07, 6.45) is 6.10. The van der Waals surface area contributed by atoms with E-state index in [-0.39, 0.29) is 36.9 Å². The molecule has 6 rings (SSSR count). The first-order valence-corrected chi connectivity index (χ1v) is 20.0. The van der Waals surface area contributed by atoms with Crippen LogP contribution in [-0.4, -0.2) is 83.3 Å². The lowest BCUT2D eigenvalue weighted by Crippen LogP contribution is -2.32. The van der Waals surface area contributed by atoms with Gasteiger partial charge in [0.15, 0.2) is 5.78 Å². The molecule has 0 unspecified atom stereocenters. The number of hydrogen-bond acceptors (Lipinski definition) is 12. The van der Waals surface area contributed by atoms with E-state index in [9.17, 15) is 26.4 Å². The third-order valence-corrected chi connectivity index (χ3v) is 12.1. The molecule has 0 bridgehead atoms. The summed E-state index contributed by atoms with van der Waals surface area (Å²) in [5.74, 6) is -0.809. The molecule has 0 radical (unpaired) electrons. The number of methoxy groups -OCH3 is 1. The molecule has 0 saturated heterocycles. The molecular formula is C36H41N9O7S2. The number of ketones is 1. The largest absolute Gasteiger partial charge is 0.465 e. The standard InChI is InChI=1S/C18H21N5O3S.C18H20N4O4S/c1-3-27(25,26)23(12-14-8-7-13(10-20-14)18(24)9-19)17-6-4-5-16-15(17)11-21-22(16)2;1-4-27(24,25)22(12-14-9-8-13(10-19-14)18(23)26-3)17-7-5-6-16-15(17)11-20-21(16)2/h4-8,10-11H,3,9,12,19H2,1-2H3;5-11H,4,12H2,1-3H3. The van der Waals surface area contributed by atoms with Crippen LogP contribution in [0.15, 0.2) is 85.5 Å². The van der Waals surface area contributed by atoms with Crippen molar-refractivity contribution in [2.45, 2.75) is 26.9 Å². The van der Waals surface area contributed by atoms with Crippen LogP contribution in [0.3, 0.4) is 0 Å². The Bertz CT molecular complexity index is 2320. The third kappa shape index (κ3) is 8.40. The van der Waals surface area contributed by atoms with Crippen LogP contribution in [0.2, 0.25) is 0 Å². The molecule has 18 heteroatoms. The average molecular weight is 776 g/mol. The number of benzene rings is 2. The van der Waals surface area contributed by atoms with Gasteiger partial charge in [-0.05, 0) is 62.4 Å². The SMILES string of the molecule is CCS(=O)(=O)N(Cc1ccc(C(=O)CN)cn1)c1cccc2c1cnn2C.CCS(=O)(=O)N(Cc1ccc(C(=O)OC)cn1)c1cccc2c1cnn2C. The number of esters is 1. The number of anilines is 2. The number of aryl methyl sites for hydroxylation is 2. The highest BCUT2D eigenvalue weighted by Gasteiger charge is 2.26. The topological polar surface area (TPSA) is 206 Å². The number of Topliss-reactive ketones (excluding diaryl/α,β-unsaturated/α-hetero) is 1. The van der Waals surface area contributed by atoms with Gasteiger partial charge in [-0.1, -0.05) is 12.1 Å². The Labute approximate surface area is 313 Å². The molecule has 4 heterocycles. The Hall–Kier alpha value is -5.72. The molecule has 54 heavy (non-hydrogen) atoms. The van der Waals surface area contributed by atoms with Gasteiger partial charge in [0.05, 0.1) is 90.0 Å². The van der Waals surface area contributed by atoms with E-state index in [1.807, 2.05) is 12.1 Å². The number of rotatable bonds is 13. The predicted molar refractivity (Wildman–Crippen MR) is 206 cm³/mol. The predicted octanol–water partition coefficient (Wildman–Crippen LogP) is 3.58. The first-order valence-electron chi connectivity index (χ1n) is 16.8. The van der Waals surface area contributed by atoms with Crippen molar-refractivity contribution in [3.05, 3.63) is 108 Å². The van der Waals surface area contributed by atoms with Gasteiger partial charge >= 0.3 is 5.97 Å². The number of fused-ring (bicyclic) bond motifs is 2. The van der Waals surface area contributed by atoms with E-state index >= 15 is 0 Å². The van der Waals surface area contributed by atoms with Crippen LogP contribution in [0.1, 0.15) is 46.0 Å². The highest BCUT2D eigenvalue weighted by molar-refractivity contribution is 7.93. The molecule has 0 aliphatic rings. The van der Waals surface area contributed by atoms with Crippen molar-refractivity contribution in [1.82, 2.24) is 29.5 Å². The second-order valence-electron chi connectivity index (χ2n) is 12.0. The fraction of sp³-hybridized carbons (Fsp3) is 0.278. The summed E-state index contributed by atoms with van der Waals surface area (Å²) in [5.41, 5.74) is 9.86. The summed E-state index contributed by atoms with van der Waals surface area (Å²) >= 11 is 0. The number of nitrogens with two attached hydrogens (primary N) is 1. The van der Waals surface area contributed by atoms with Crippen molar-refractivity contribution in [3.8, 4) is 0 Å². The number of pyridine rings is 2. The first-order chi connectivity index (χ1) is 25.7. The Kier molecular flexibility index (Phi) is 12.1. The lowest BCUT2D eigenvalue weighted by atomic mass is 10.1. The third-order valence-electron chi connectivity index (χ3n) is 8.67. The molecule has 0 atom stereocenters. The lowest BCUT2D eigenvalue weighted by molar-refractivity contribution is 0.0600. The van der Waals surface area contributed by atoms with Crippen molar-refractivity contribution < 1.29 is 31.2 Å². The molecule has 0 fully saturated rings. The molecule has 2 N–H and O–H groups in total. The maximum absolute atomic E-state index is 12.8. The van der Waals surface area contributed by atoms with Gasteiger partial charge in [0.25, 0.3) is 0 Å². The first kappa shape index (κ1) is 39.5. The van der Waals surface area contributed by atoms with Gasteiger partial charge in [-0.2, -0.15) is 10.2 Å². The van der Waals surface area contributed by atoms with E-state index in [1.165, 1.54) is 28.1 Å². The van der Waals surface area contributed by atoms with Gasteiger partial charge in [0.2, 0.25) is 20.0 Å². The molecular weight excluding hydrogens is 735 g/mol. The van der Waals surface area contributed by atoms with E-state index in [0.717, 1.165) is 21.8 Å². The van der Waals surface area contributed by atoms with E-state index in [2.05, 4.69) is 24.9 Å². The van der Waals surface area contributed by atoms with Crippen molar-refractivity contribution in [2.24, 2.45) is 19.8 Å². The number of carbonyl (C=O) groups excluding carboxylic acids is 2. The Morgan fingerprint density at radius 2 is 1.13 bits per heavy atom. The molecule has 284 valence electrons. The maximum Gasteiger partial charge on any atom is 0.339 e. The maximum atomic E-state index is 12.8. The van der Waals surface area contributed by atoms with E-state index in [0.29, 0.717) is 33.9 Å². The minimum atomic E-state index is -3.56. The highest BCUT2D eigenvalue weighted by atomic mass is 32.2. The Morgan fingerprint density at radius 3 is 1.50 bits per heavy atom. The fourth-order valence-electron chi connectivity index (χ4n) is 5.59. The van der Waals surface area contributed by atoms with Crippen LogP contribution in [0.4, 0.5) is 11.4 Å². The van der Waals surface area contributed by atoms with Crippen molar-refractivity contribution in [3.63, 3.8) is 0 Å². The normalized spacial score (nSPS) is 11.6. The second kappa shape index (κ2) is 16.5. The van der Waals surface area contributed by atoms with Crippen LogP contribution in [0.25, 0.3) is 21.8 Å². The number of carbonyl (C=O) groups is 2. The van der Waals surface area contributed by atoms with E-state index < -0.39 is 26.0 Å². The number of hydrogen-bond donors (Lipinski definition) is 1. The summed E-state index contributed by atoms with van der Waals surface area (Å²) in [7, 11) is -2.22. The molecule has 0 saturated carbocycles. The second-order valence-corrected chi connectivity index (χ2v) is 16.3. The van der Waals surface area contributed by atoms with Crippen LogP contribution in [0.5, 0.6) is 0 Å². The lowest BCUT2D eigenvalue weighted by Gasteiger charge is -2.24. The molecule has 4 aromatic heterocycles.